The van der Waals surface area contributed by atoms with Crippen molar-refractivity contribution >= 4 is 44.3 Å². The molecule has 1 N–H and O–H groups in total. The maximum absolute atomic E-state index is 13.6. The number of hydrogen-bond acceptors (Lipinski definition) is 3. The number of carboxylic acids is 1. The molecule has 0 bridgehead atoms. The first-order valence-corrected chi connectivity index (χ1v) is 10.3. The summed E-state index contributed by atoms with van der Waals surface area (Å²) < 4.78 is 2.10. The highest BCUT2D eigenvalue weighted by atomic mass is 16.4. The van der Waals surface area contributed by atoms with Gasteiger partial charge in [-0.3, -0.25) is 4.79 Å². The molecule has 0 saturated carbocycles. The number of carbonyl (C=O) groups excluding carboxylic acids is 1. The number of fused-ring (bicyclic) bond motifs is 4. The fourth-order valence-electron chi connectivity index (χ4n) is 4.46. The molecule has 32 heavy (non-hydrogen) atoms. The first-order chi connectivity index (χ1) is 15.6. The molecule has 0 saturated heterocycles. The van der Waals surface area contributed by atoms with Crippen molar-refractivity contribution in [2.45, 2.75) is 13.0 Å². The van der Waals surface area contributed by atoms with Crippen molar-refractivity contribution in [1.29, 1.82) is 5.26 Å². The van der Waals surface area contributed by atoms with Crippen molar-refractivity contribution in [2.24, 2.45) is 0 Å². The number of nitrogens with zero attached hydrogens (tertiary/aromatic N) is 2. The van der Waals surface area contributed by atoms with Crippen LogP contribution in [-0.4, -0.2) is 21.4 Å². The van der Waals surface area contributed by atoms with Crippen molar-refractivity contribution in [2.75, 3.05) is 0 Å². The molecule has 1 heterocycles. The van der Waals surface area contributed by atoms with Crippen LogP contribution in [0.3, 0.4) is 0 Å². The van der Waals surface area contributed by atoms with Gasteiger partial charge in [-0.25, -0.2) is 4.79 Å². The lowest BCUT2D eigenvalue weighted by atomic mass is 9.93. The maximum atomic E-state index is 13.6. The molecule has 0 radical (unpaired) electrons. The first-order valence-electron chi connectivity index (χ1n) is 10.3. The Morgan fingerprint density at radius 3 is 2.31 bits per heavy atom. The topological polar surface area (TPSA) is 83.1 Å². The van der Waals surface area contributed by atoms with Crippen molar-refractivity contribution in [1.82, 2.24) is 4.57 Å². The average molecular weight is 418 g/mol. The molecular formula is C27H18N2O3. The third-order valence-corrected chi connectivity index (χ3v) is 5.86. The van der Waals surface area contributed by atoms with E-state index in [-0.39, 0.29) is 11.3 Å². The minimum Gasteiger partial charge on any atom is -0.478 e. The summed E-state index contributed by atoms with van der Waals surface area (Å²) in [4.78, 5) is 25.4. The van der Waals surface area contributed by atoms with Gasteiger partial charge in [-0.1, -0.05) is 48.5 Å². The molecule has 0 aliphatic heterocycles. The van der Waals surface area contributed by atoms with Gasteiger partial charge < -0.3 is 9.67 Å². The van der Waals surface area contributed by atoms with E-state index in [2.05, 4.69) is 10.6 Å². The third-order valence-electron chi connectivity index (χ3n) is 5.86. The molecule has 5 heteroatoms. The number of carbonyl (C=O) groups is 2. The normalized spacial score (nSPS) is 11.1. The molecule has 5 rings (SSSR count). The minimum atomic E-state index is -1.06. The van der Waals surface area contributed by atoms with Crippen LogP contribution in [0, 0.1) is 11.3 Å². The second-order valence-corrected chi connectivity index (χ2v) is 7.65. The predicted octanol–water partition coefficient (Wildman–Crippen LogP) is 5.79. The van der Waals surface area contributed by atoms with Gasteiger partial charge in [-0.2, -0.15) is 5.26 Å². The number of hydrogen-bond donors (Lipinski definition) is 1. The summed E-state index contributed by atoms with van der Waals surface area (Å²) in [5, 5.41) is 21.8. The van der Waals surface area contributed by atoms with Gasteiger partial charge in [-0.15, -0.1) is 0 Å². The van der Waals surface area contributed by atoms with Gasteiger partial charge in [0.2, 0.25) is 0 Å². The summed E-state index contributed by atoms with van der Waals surface area (Å²) >= 11 is 0. The minimum absolute atomic E-state index is 0.112. The van der Waals surface area contributed by atoms with Crippen LogP contribution in [0.4, 0.5) is 0 Å². The summed E-state index contributed by atoms with van der Waals surface area (Å²) in [6.07, 6.45) is 0.391. The standard InChI is InChI=1S/C27H18N2O3/c28-14-5-15-29-23-11-2-1-8-19(23)22-16-18(12-13-24(22)29)26(30)20-9-3-6-17-7-4-10-21(25(17)20)27(31)32/h1-4,6-13,16H,5,15H2,(H,31,32). The van der Waals surface area contributed by atoms with Crippen LogP contribution in [0.15, 0.2) is 78.9 Å². The number of benzene rings is 4. The maximum Gasteiger partial charge on any atom is 0.336 e. The SMILES string of the molecule is N#CCCn1c2ccccc2c2cc(C(=O)c3cccc4cccc(C(=O)O)c34)ccc21. The number of aromatic nitrogens is 1. The van der Waals surface area contributed by atoms with E-state index in [9.17, 15) is 14.7 Å². The highest BCUT2D eigenvalue weighted by Gasteiger charge is 2.19. The van der Waals surface area contributed by atoms with Gasteiger partial charge in [-0.05, 0) is 35.7 Å². The Bertz CT molecular complexity index is 1580. The second-order valence-electron chi connectivity index (χ2n) is 7.65. The lowest BCUT2D eigenvalue weighted by Crippen LogP contribution is -2.06. The number of ketones is 1. The molecule has 5 nitrogen and oxygen atoms in total. The Labute approximate surface area is 183 Å². The molecule has 0 spiro atoms. The van der Waals surface area contributed by atoms with Gasteiger partial charge in [0.1, 0.15) is 0 Å². The highest BCUT2D eigenvalue weighted by Crippen LogP contribution is 2.32. The van der Waals surface area contributed by atoms with E-state index in [0.717, 1.165) is 21.8 Å². The Balaban J connectivity index is 1.72. The molecule has 4 aromatic carbocycles. The zero-order valence-corrected chi connectivity index (χ0v) is 17.1. The largest absolute Gasteiger partial charge is 0.478 e. The molecule has 5 aromatic rings. The van der Waals surface area contributed by atoms with Crippen LogP contribution in [0.2, 0.25) is 0 Å². The van der Waals surface area contributed by atoms with Crippen molar-refractivity contribution in [3.63, 3.8) is 0 Å². The zero-order valence-electron chi connectivity index (χ0n) is 17.1. The van der Waals surface area contributed by atoms with Gasteiger partial charge in [0.05, 0.1) is 18.1 Å². The van der Waals surface area contributed by atoms with E-state index in [4.69, 9.17) is 5.26 Å². The summed E-state index contributed by atoms with van der Waals surface area (Å²) in [7, 11) is 0. The molecule has 0 unspecified atom stereocenters. The second kappa shape index (κ2) is 7.68. The molecule has 0 aliphatic carbocycles. The summed E-state index contributed by atoms with van der Waals surface area (Å²) in [5.74, 6) is -1.29. The number of aryl methyl sites for hydroxylation is 1. The predicted molar refractivity (Wildman–Crippen MR) is 124 cm³/mol. The van der Waals surface area contributed by atoms with Crippen LogP contribution < -0.4 is 0 Å². The van der Waals surface area contributed by atoms with Crippen LogP contribution in [0.25, 0.3) is 32.6 Å². The van der Waals surface area contributed by atoms with Gasteiger partial charge in [0.25, 0.3) is 0 Å². The first kappa shape index (κ1) is 19.5. The van der Waals surface area contributed by atoms with Crippen molar-refractivity contribution < 1.29 is 14.7 Å². The summed E-state index contributed by atoms with van der Waals surface area (Å²) in [6.45, 7) is 0.569. The molecule has 1 aromatic heterocycles. The molecule has 0 atom stereocenters. The number of rotatable bonds is 5. The number of aromatic carboxylic acids is 1. The number of nitriles is 1. The fraction of sp³-hybridized carbons (Fsp3) is 0.0741. The Morgan fingerprint density at radius 1 is 0.844 bits per heavy atom. The summed E-state index contributed by atoms with van der Waals surface area (Å²) in [5.41, 5.74) is 2.95. The number of carboxylic acid groups (broad SMARTS) is 1. The van der Waals surface area contributed by atoms with E-state index in [0.29, 0.717) is 34.9 Å². The third kappa shape index (κ3) is 3.01. The monoisotopic (exact) mass is 418 g/mol. The fourth-order valence-corrected chi connectivity index (χ4v) is 4.46. The Hall–Kier alpha value is -4.43. The van der Waals surface area contributed by atoms with Crippen molar-refractivity contribution in [3.05, 3.63) is 95.6 Å². The van der Waals surface area contributed by atoms with Gasteiger partial charge in [0, 0.05) is 44.9 Å². The van der Waals surface area contributed by atoms with E-state index in [1.54, 1.807) is 24.3 Å². The molecule has 0 aliphatic rings. The van der Waals surface area contributed by atoms with E-state index >= 15 is 0 Å². The lowest BCUT2D eigenvalue weighted by Gasteiger charge is -2.09. The highest BCUT2D eigenvalue weighted by molar-refractivity contribution is 6.21. The van der Waals surface area contributed by atoms with Gasteiger partial charge >= 0.3 is 5.97 Å². The van der Waals surface area contributed by atoms with E-state index in [1.807, 2.05) is 48.5 Å². The quantitative estimate of drug-likeness (QED) is 0.366. The van der Waals surface area contributed by atoms with Crippen LogP contribution >= 0.6 is 0 Å². The lowest BCUT2D eigenvalue weighted by molar-refractivity contribution is 0.0699. The molecular weight excluding hydrogens is 400 g/mol. The molecule has 0 fully saturated rings. The summed E-state index contributed by atoms with van der Waals surface area (Å²) in [6, 6.07) is 25.9. The van der Waals surface area contributed by atoms with Crippen molar-refractivity contribution in [3.8, 4) is 6.07 Å². The average Bonchev–Trinajstić information content (AvgIpc) is 3.14. The van der Waals surface area contributed by atoms with Gasteiger partial charge in [0.15, 0.2) is 5.78 Å². The Morgan fingerprint density at radius 2 is 1.56 bits per heavy atom. The number of para-hydroxylation sites is 1. The Kier molecular flexibility index (Phi) is 4.68. The zero-order chi connectivity index (χ0) is 22.2. The smallest absolute Gasteiger partial charge is 0.336 e. The van der Waals surface area contributed by atoms with Crippen LogP contribution in [0.5, 0.6) is 0 Å². The van der Waals surface area contributed by atoms with Crippen LogP contribution in [-0.2, 0) is 6.54 Å². The van der Waals surface area contributed by atoms with Crippen LogP contribution in [0.1, 0.15) is 32.7 Å². The molecule has 0 amide bonds. The van der Waals surface area contributed by atoms with E-state index < -0.39 is 5.97 Å². The van der Waals surface area contributed by atoms with E-state index in [1.165, 1.54) is 6.07 Å². The molecule has 154 valence electrons.